The van der Waals surface area contributed by atoms with Crippen molar-refractivity contribution in [3.8, 4) is 0 Å². The maximum atomic E-state index is 12.7. The summed E-state index contributed by atoms with van der Waals surface area (Å²) < 4.78 is 43.3. The Morgan fingerprint density at radius 3 is 2.28 bits per heavy atom. The van der Waals surface area contributed by atoms with Gasteiger partial charge >= 0.3 is 6.18 Å². The van der Waals surface area contributed by atoms with E-state index < -0.39 is 11.7 Å². The number of morpholine rings is 1. The molecule has 1 fully saturated rings. The van der Waals surface area contributed by atoms with Gasteiger partial charge in [-0.3, -0.25) is 9.69 Å². The summed E-state index contributed by atoms with van der Waals surface area (Å²) in [6, 6.07) is 11.6. The predicted molar refractivity (Wildman–Crippen MR) is 87.4 cm³/mol. The molecule has 1 saturated heterocycles. The van der Waals surface area contributed by atoms with Gasteiger partial charge in [-0.25, -0.2) is 0 Å². The Morgan fingerprint density at radius 1 is 1.00 bits per heavy atom. The molecular weight excluding hydrogens is 331 g/mol. The lowest BCUT2D eigenvalue weighted by molar-refractivity contribution is -0.137. The van der Waals surface area contributed by atoms with Crippen LogP contribution in [0.15, 0.2) is 48.5 Å². The average molecular weight is 349 g/mol. The molecule has 1 aliphatic heterocycles. The number of ketones is 1. The van der Waals surface area contributed by atoms with Gasteiger partial charge in [-0.2, -0.15) is 13.2 Å². The molecule has 0 atom stereocenters. The zero-order valence-corrected chi connectivity index (χ0v) is 13.6. The first-order valence-electron chi connectivity index (χ1n) is 8.05. The first kappa shape index (κ1) is 17.6. The van der Waals surface area contributed by atoms with Crippen molar-refractivity contribution in [1.82, 2.24) is 4.90 Å². The van der Waals surface area contributed by atoms with Crippen LogP contribution in [0.5, 0.6) is 0 Å². The van der Waals surface area contributed by atoms with Crippen LogP contribution in [0.3, 0.4) is 0 Å². The summed E-state index contributed by atoms with van der Waals surface area (Å²) in [6.45, 7) is 3.53. The Hall–Kier alpha value is -2.18. The van der Waals surface area contributed by atoms with Gasteiger partial charge in [0.2, 0.25) is 0 Å². The SMILES string of the molecule is O=C(c1ccc(C(F)(F)F)cc1)c1ccccc1CN1CCOCC1. The molecule has 1 aliphatic rings. The molecular formula is C19H18F3NO2. The lowest BCUT2D eigenvalue weighted by Gasteiger charge is -2.27. The lowest BCUT2D eigenvalue weighted by Crippen LogP contribution is -2.36. The van der Waals surface area contributed by atoms with Crippen LogP contribution in [-0.4, -0.2) is 37.0 Å². The Kier molecular flexibility index (Phi) is 5.20. The Labute approximate surface area is 144 Å². The highest BCUT2D eigenvalue weighted by Crippen LogP contribution is 2.29. The largest absolute Gasteiger partial charge is 0.416 e. The summed E-state index contributed by atoms with van der Waals surface area (Å²) in [5.74, 6) is -0.266. The van der Waals surface area contributed by atoms with Crippen LogP contribution in [-0.2, 0) is 17.5 Å². The molecule has 0 unspecified atom stereocenters. The first-order chi connectivity index (χ1) is 11.9. The second-order valence-electron chi connectivity index (χ2n) is 5.95. The van der Waals surface area contributed by atoms with Crippen molar-refractivity contribution in [1.29, 1.82) is 0 Å². The molecule has 1 heterocycles. The standard InChI is InChI=1S/C19H18F3NO2/c20-19(21,22)16-7-5-14(6-8-16)18(24)17-4-2-1-3-15(17)13-23-9-11-25-12-10-23/h1-8H,9-13H2. The van der Waals surface area contributed by atoms with Gasteiger partial charge in [0.25, 0.3) is 0 Å². The summed E-state index contributed by atoms with van der Waals surface area (Å²) in [4.78, 5) is 14.9. The molecule has 0 aliphatic carbocycles. The molecule has 0 amide bonds. The van der Waals surface area contributed by atoms with Crippen LogP contribution in [0.2, 0.25) is 0 Å². The molecule has 0 radical (unpaired) electrons. The molecule has 3 nitrogen and oxygen atoms in total. The molecule has 0 aromatic heterocycles. The molecule has 2 aromatic rings. The number of nitrogens with zero attached hydrogens (tertiary/aromatic N) is 1. The van der Waals surface area contributed by atoms with Crippen molar-refractivity contribution in [2.24, 2.45) is 0 Å². The van der Waals surface area contributed by atoms with Crippen LogP contribution in [0, 0.1) is 0 Å². The molecule has 0 bridgehead atoms. The van der Waals surface area contributed by atoms with Crippen molar-refractivity contribution in [3.63, 3.8) is 0 Å². The highest BCUT2D eigenvalue weighted by molar-refractivity contribution is 6.09. The Balaban J connectivity index is 1.82. The Morgan fingerprint density at radius 2 is 1.64 bits per heavy atom. The molecule has 3 rings (SSSR count). The normalized spacial score (nSPS) is 16.0. The van der Waals surface area contributed by atoms with Gasteiger partial charge in [-0.1, -0.05) is 36.4 Å². The van der Waals surface area contributed by atoms with Crippen LogP contribution in [0.25, 0.3) is 0 Å². The highest BCUT2D eigenvalue weighted by Gasteiger charge is 2.30. The molecule has 0 spiro atoms. The fourth-order valence-electron chi connectivity index (χ4n) is 2.85. The zero-order valence-electron chi connectivity index (χ0n) is 13.6. The monoisotopic (exact) mass is 349 g/mol. The summed E-state index contributed by atoms with van der Waals surface area (Å²) in [5.41, 5.74) is 0.885. The van der Waals surface area contributed by atoms with Crippen molar-refractivity contribution >= 4 is 5.78 Å². The van der Waals surface area contributed by atoms with Gasteiger partial charge in [0, 0.05) is 30.8 Å². The summed E-state index contributed by atoms with van der Waals surface area (Å²) >= 11 is 0. The molecule has 6 heteroatoms. The second kappa shape index (κ2) is 7.37. The van der Waals surface area contributed by atoms with Gasteiger partial charge < -0.3 is 4.74 Å². The van der Waals surface area contributed by atoms with E-state index in [0.29, 0.717) is 25.3 Å². The molecule has 132 valence electrons. The third-order valence-electron chi connectivity index (χ3n) is 4.23. The first-order valence-corrected chi connectivity index (χ1v) is 8.05. The van der Waals surface area contributed by atoms with Crippen LogP contribution < -0.4 is 0 Å². The molecule has 25 heavy (non-hydrogen) atoms. The van der Waals surface area contributed by atoms with Gasteiger partial charge in [0.15, 0.2) is 5.78 Å². The minimum Gasteiger partial charge on any atom is -0.379 e. The Bertz CT molecular complexity index is 735. The summed E-state index contributed by atoms with van der Waals surface area (Å²) in [5, 5.41) is 0. The number of ether oxygens (including phenoxy) is 1. The van der Waals surface area contributed by atoms with Crippen LogP contribution in [0.1, 0.15) is 27.0 Å². The zero-order chi connectivity index (χ0) is 17.9. The number of carbonyl (C=O) groups excluding carboxylic acids is 1. The van der Waals surface area contributed by atoms with E-state index in [1.54, 1.807) is 12.1 Å². The van der Waals surface area contributed by atoms with Gasteiger partial charge in [-0.05, 0) is 17.7 Å². The highest BCUT2D eigenvalue weighted by atomic mass is 19.4. The van der Waals surface area contributed by atoms with Gasteiger partial charge in [0.1, 0.15) is 0 Å². The third kappa shape index (κ3) is 4.27. The van der Waals surface area contributed by atoms with E-state index in [-0.39, 0.29) is 11.3 Å². The van der Waals surface area contributed by atoms with E-state index in [1.165, 1.54) is 12.1 Å². The summed E-state index contributed by atoms with van der Waals surface area (Å²) in [6.07, 6.45) is -4.41. The average Bonchev–Trinajstić information content (AvgIpc) is 2.62. The number of hydrogen-bond donors (Lipinski definition) is 0. The quantitative estimate of drug-likeness (QED) is 0.787. The summed E-state index contributed by atoms with van der Waals surface area (Å²) in [7, 11) is 0. The van der Waals surface area contributed by atoms with Gasteiger partial charge in [-0.15, -0.1) is 0 Å². The minimum absolute atomic E-state index is 0.252. The van der Waals surface area contributed by atoms with Crippen molar-refractivity contribution in [3.05, 3.63) is 70.8 Å². The number of rotatable bonds is 4. The van der Waals surface area contributed by atoms with Gasteiger partial charge in [0.05, 0.1) is 18.8 Å². The topological polar surface area (TPSA) is 29.5 Å². The predicted octanol–water partition coefficient (Wildman–Crippen LogP) is 3.77. The molecule has 2 aromatic carbocycles. The fourth-order valence-corrected chi connectivity index (χ4v) is 2.85. The molecule has 0 N–H and O–H groups in total. The van der Waals surface area contributed by atoms with E-state index in [2.05, 4.69) is 4.90 Å². The second-order valence-corrected chi connectivity index (χ2v) is 5.95. The van der Waals surface area contributed by atoms with Crippen molar-refractivity contribution < 1.29 is 22.7 Å². The fraction of sp³-hybridized carbons (Fsp3) is 0.316. The number of hydrogen-bond acceptors (Lipinski definition) is 3. The van der Waals surface area contributed by atoms with E-state index in [9.17, 15) is 18.0 Å². The maximum Gasteiger partial charge on any atom is 0.416 e. The number of benzene rings is 2. The molecule has 0 saturated carbocycles. The maximum absolute atomic E-state index is 12.7. The smallest absolute Gasteiger partial charge is 0.379 e. The third-order valence-corrected chi connectivity index (χ3v) is 4.23. The number of alkyl halides is 3. The lowest BCUT2D eigenvalue weighted by atomic mass is 9.97. The minimum atomic E-state index is -4.41. The van der Waals surface area contributed by atoms with Crippen LogP contribution >= 0.6 is 0 Å². The van der Waals surface area contributed by atoms with Crippen LogP contribution in [0.4, 0.5) is 13.2 Å². The van der Waals surface area contributed by atoms with E-state index in [4.69, 9.17) is 4.74 Å². The number of carbonyl (C=O) groups is 1. The van der Waals surface area contributed by atoms with Crippen molar-refractivity contribution in [2.45, 2.75) is 12.7 Å². The van der Waals surface area contributed by atoms with E-state index in [0.717, 1.165) is 30.8 Å². The van der Waals surface area contributed by atoms with E-state index >= 15 is 0 Å². The number of halogens is 3. The van der Waals surface area contributed by atoms with E-state index in [1.807, 2.05) is 12.1 Å². The van der Waals surface area contributed by atoms with Crippen molar-refractivity contribution in [2.75, 3.05) is 26.3 Å².